The van der Waals surface area contributed by atoms with Gasteiger partial charge in [-0.1, -0.05) is 38.1 Å². The minimum absolute atomic E-state index is 0.756. The number of morpholine rings is 1. The molecule has 0 amide bonds. The minimum Gasteiger partial charge on any atom is -0.379 e. The number of benzene rings is 1. The van der Waals surface area contributed by atoms with Crippen LogP contribution in [0, 0.1) is 5.92 Å². The summed E-state index contributed by atoms with van der Waals surface area (Å²) in [6.07, 6.45) is 2.42. The Hall–Kier alpha value is -1.59. The molecule has 0 saturated carbocycles. The second-order valence-electron chi connectivity index (χ2n) is 7.10. The Morgan fingerprint density at radius 2 is 1.96 bits per heavy atom. The molecule has 5 nitrogen and oxygen atoms in total. The predicted octanol–water partition coefficient (Wildman–Crippen LogP) is 2.62. The lowest BCUT2D eigenvalue weighted by molar-refractivity contribution is 0.0342. The third-order valence-electron chi connectivity index (χ3n) is 4.44. The molecule has 2 rings (SSSR count). The summed E-state index contributed by atoms with van der Waals surface area (Å²) in [5, 5.41) is 6.80. The van der Waals surface area contributed by atoms with Gasteiger partial charge < -0.3 is 15.4 Å². The molecule has 0 aromatic heterocycles. The molecule has 1 aromatic carbocycles. The molecule has 2 N–H and O–H groups in total. The molecule has 1 aliphatic rings. The zero-order valence-electron chi connectivity index (χ0n) is 16.1. The monoisotopic (exact) mass is 346 g/mol. The maximum absolute atomic E-state index is 5.42. The average Bonchev–Trinajstić information content (AvgIpc) is 2.62. The summed E-state index contributed by atoms with van der Waals surface area (Å²) < 4.78 is 5.42. The van der Waals surface area contributed by atoms with Crippen molar-refractivity contribution in [3.8, 4) is 0 Å². The minimum atomic E-state index is 0.756. The molecule has 140 valence electrons. The number of aliphatic imine (C=N–C) groups is 1. The fraction of sp³-hybridized carbons (Fsp3) is 0.650. The van der Waals surface area contributed by atoms with E-state index in [0.717, 1.165) is 57.8 Å². The van der Waals surface area contributed by atoms with Gasteiger partial charge in [-0.25, -0.2) is 0 Å². The van der Waals surface area contributed by atoms with Crippen LogP contribution in [0.1, 0.15) is 37.8 Å². The molecule has 0 bridgehead atoms. The lowest BCUT2D eigenvalue weighted by atomic mass is 10.1. The van der Waals surface area contributed by atoms with Crippen LogP contribution in [0.5, 0.6) is 0 Å². The van der Waals surface area contributed by atoms with Crippen molar-refractivity contribution in [1.82, 2.24) is 15.5 Å². The number of nitrogens with zero attached hydrogens (tertiary/aromatic N) is 2. The summed E-state index contributed by atoms with van der Waals surface area (Å²) >= 11 is 0. The van der Waals surface area contributed by atoms with E-state index in [1.165, 1.54) is 24.0 Å². The highest BCUT2D eigenvalue weighted by atomic mass is 16.5. The van der Waals surface area contributed by atoms with Crippen molar-refractivity contribution >= 4 is 5.96 Å². The molecule has 25 heavy (non-hydrogen) atoms. The van der Waals surface area contributed by atoms with Gasteiger partial charge in [0.25, 0.3) is 0 Å². The summed E-state index contributed by atoms with van der Waals surface area (Å²) in [4.78, 5) is 6.76. The molecular formula is C20H34N4O. The van der Waals surface area contributed by atoms with Crippen LogP contribution in [0.2, 0.25) is 0 Å². The first kappa shape index (κ1) is 19.7. The molecule has 1 fully saturated rings. The van der Waals surface area contributed by atoms with Crippen LogP contribution in [-0.2, 0) is 17.8 Å². The number of hydrogen-bond acceptors (Lipinski definition) is 3. The topological polar surface area (TPSA) is 48.9 Å². The van der Waals surface area contributed by atoms with Crippen molar-refractivity contribution in [2.75, 3.05) is 39.9 Å². The van der Waals surface area contributed by atoms with Crippen molar-refractivity contribution in [1.29, 1.82) is 0 Å². The number of nitrogens with one attached hydrogen (secondary N) is 2. The highest BCUT2D eigenvalue weighted by Crippen LogP contribution is 2.10. The Morgan fingerprint density at radius 1 is 1.20 bits per heavy atom. The Bertz CT molecular complexity index is 524. The summed E-state index contributed by atoms with van der Waals surface area (Å²) in [5.41, 5.74) is 2.65. The molecule has 5 heteroatoms. The standard InChI is InChI=1S/C20H34N4O/c1-17(2)6-5-9-22-20(21-3)23-15-18-7-4-8-19(14-18)16-24-10-12-25-13-11-24/h4,7-8,14,17H,5-6,9-13,15-16H2,1-3H3,(H2,21,22,23). The lowest BCUT2D eigenvalue weighted by Crippen LogP contribution is -2.37. The van der Waals surface area contributed by atoms with Gasteiger partial charge in [0.1, 0.15) is 0 Å². The second-order valence-corrected chi connectivity index (χ2v) is 7.10. The van der Waals surface area contributed by atoms with Crippen molar-refractivity contribution in [2.24, 2.45) is 10.9 Å². The first-order valence-electron chi connectivity index (χ1n) is 9.50. The van der Waals surface area contributed by atoms with Crippen molar-refractivity contribution in [3.05, 3.63) is 35.4 Å². The SMILES string of the molecule is CN=C(NCCCC(C)C)NCc1cccc(CN2CCOCC2)c1. The molecule has 0 aliphatic carbocycles. The molecule has 0 radical (unpaired) electrons. The first-order valence-corrected chi connectivity index (χ1v) is 9.50. The van der Waals surface area contributed by atoms with E-state index in [4.69, 9.17) is 4.74 Å². The van der Waals surface area contributed by atoms with Crippen LogP contribution < -0.4 is 10.6 Å². The van der Waals surface area contributed by atoms with Gasteiger partial charge in [0.05, 0.1) is 13.2 Å². The first-order chi connectivity index (χ1) is 12.2. The van der Waals surface area contributed by atoms with Crippen LogP contribution in [0.4, 0.5) is 0 Å². The Balaban J connectivity index is 1.76. The van der Waals surface area contributed by atoms with Crippen molar-refractivity contribution in [3.63, 3.8) is 0 Å². The van der Waals surface area contributed by atoms with Gasteiger partial charge in [0.2, 0.25) is 0 Å². The fourth-order valence-corrected chi connectivity index (χ4v) is 2.98. The maximum atomic E-state index is 5.42. The van der Waals surface area contributed by atoms with Crippen LogP contribution in [0.3, 0.4) is 0 Å². The second kappa shape index (κ2) is 11.1. The van der Waals surface area contributed by atoms with Crippen molar-refractivity contribution in [2.45, 2.75) is 39.8 Å². The number of hydrogen-bond donors (Lipinski definition) is 2. The van der Waals surface area contributed by atoms with E-state index < -0.39 is 0 Å². The van der Waals surface area contributed by atoms with Crippen LogP contribution in [-0.4, -0.2) is 50.8 Å². The van der Waals surface area contributed by atoms with E-state index >= 15 is 0 Å². The van der Waals surface area contributed by atoms with E-state index in [2.05, 4.69) is 58.6 Å². The van der Waals surface area contributed by atoms with Gasteiger partial charge in [-0.2, -0.15) is 0 Å². The third-order valence-corrected chi connectivity index (χ3v) is 4.44. The largest absolute Gasteiger partial charge is 0.379 e. The Kier molecular flexibility index (Phi) is 8.77. The zero-order valence-corrected chi connectivity index (χ0v) is 16.1. The third kappa shape index (κ3) is 7.88. The molecule has 0 atom stereocenters. The number of ether oxygens (including phenoxy) is 1. The van der Waals surface area contributed by atoms with Gasteiger partial charge in [-0.05, 0) is 29.9 Å². The summed E-state index contributed by atoms with van der Waals surface area (Å²) in [7, 11) is 1.83. The highest BCUT2D eigenvalue weighted by molar-refractivity contribution is 5.79. The zero-order chi connectivity index (χ0) is 17.9. The van der Waals surface area contributed by atoms with E-state index in [1.807, 2.05) is 7.05 Å². The molecular weight excluding hydrogens is 312 g/mol. The molecule has 1 saturated heterocycles. The smallest absolute Gasteiger partial charge is 0.191 e. The van der Waals surface area contributed by atoms with Crippen LogP contribution >= 0.6 is 0 Å². The van der Waals surface area contributed by atoms with Crippen LogP contribution in [0.25, 0.3) is 0 Å². The summed E-state index contributed by atoms with van der Waals surface area (Å²) in [6.45, 7) is 11.0. The van der Waals surface area contributed by atoms with Gasteiger partial charge in [-0.3, -0.25) is 9.89 Å². The Morgan fingerprint density at radius 3 is 2.68 bits per heavy atom. The van der Waals surface area contributed by atoms with Gasteiger partial charge in [0.15, 0.2) is 5.96 Å². The van der Waals surface area contributed by atoms with Gasteiger partial charge >= 0.3 is 0 Å². The van der Waals surface area contributed by atoms with E-state index in [-0.39, 0.29) is 0 Å². The van der Waals surface area contributed by atoms with Crippen molar-refractivity contribution < 1.29 is 4.74 Å². The Labute approximate surface area is 152 Å². The van der Waals surface area contributed by atoms with E-state index in [1.54, 1.807) is 0 Å². The molecule has 1 aromatic rings. The van der Waals surface area contributed by atoms with Gasteiger partial charge in [0, 0.05) is 39.8 Å². The molecule has 1 heterocycles. The number of rotatable bonds is 8. The summed E-state index contributed by atoms with van der Waals surface area (Å²) in [6, 6.07) is 8.81. The van der Waals surface area contributed by atoms with Crippen LogP contribution in [0.15, 0.2) is 29.3 Å². The van der Waals surface area contributed by atoms with E-state index in [0.29, 0.717) is 0 Å². The quantitative estimate of drug-likeness (QED) is 0.432. The summed E-state index contributed by atoms with van der Waals surface area (Å²) in [5.74, 6) is 1.63. The fourth-order valence-electron chi connectivity index (χ4n) is 2.98. The maximum Gasteiger partial charge on any atom is 0.191 e. The molecule has 0 unspecified atom stereocenters. The predicted molar refractivity (Wildman–Crippen MR) is 105 cm³/mol. The normalized spacial score (nSPS) is 16.2. The molecule has 0 spiro atoms. The van der Waals surface area contributed by atoms with Gasteiger partial charge in [-0.15, -0.1) is 0 Å². The highest BCUT2D eigenvalue weighted by Gasteiger charge is 2.10. The molecule has 1 aliphatic heterocycles. The average molecular weight is 347 g/mol. The number of guanidine groups is 1. The lowest BCUT2D eigenvalue weighted by Gasteiger charge is -2.26. The van der Waals surface area contributed by atoms with E-state index in [9.17, 15) is 0 Å².